The van der Waals surface area contributed by atoms with Gasteiger partial charge >= 0.3 is 6.18 Å². The van der Waals surface area contributed by atoms with Crippen molar-refractivity contribution in [3.05, 3.63) is 27.4 Å². The smallest absolute Gasteiger partial charge is 0.349 e. The lowest BCUT2D eigenvalue weighted by Crippen LogP contribution is -2.19. The van der Waals surface area contributed by atoms with Crippen LogP contribution >= 0.6 is 22.7 Å². The van der Waals surface area contributed by atoms with E-state index in [0.717, 1.165) is 6.42 Å². The lowest BCUT2D eigenvalue weighted by atomic mass is 10.3. The Morgan fingerprint density at radius 1 is 1.33 bits per heavy atom. The Hall–Kier alpha value is -1.15. The molecular weight excluding hydrogens is 283 g/mol. The van der Waals surface area contributed by atoms with Crippen molar-refractivity contribution < 1.29 is 13.2 Å². The van der Waals surface area contributed by atoms with Gasteiger partial charge in [-0.2, -0.15) is 13.2 Å². The van der Waals surface area contributed by atoms with Gasteiger partial charge in [-0.1, -0.05) is 17.4 Å². The quantitative estimate of drug-likeness (QED) is 0.866. The third-order valence-electron chi connectivity index (χ3n) is 2.26. The maximum absolute atomic E-state index is 12.4. The number of alkyl halides is 3. The van der Waals surface area contributed by atoms with Crippen LogP contribution in [0, 0.1) is 0 Å². The molecule has 3 nitrogen and oxygen atoms in total. The van der Waals surface area contributed by atoms with Crippen LogP contribution < -0.4 is 4.90 Å². The first-order valence-electron chi connectivity index (χ1n) is 5.11. The van der Waals surface area contributed by atoms with Gasteiger partial charge in [0.25, 0.3) is 0 Å². The van der Waals surface area contributed by atoms with Crippen molar-refractivity contribution in [1.82, 2.24) is 10.2 Å². The molecule has 0 aromatic carbocycles. The summed E-state index contributed by atoms with van der Waals surface area (Å²) in [7, 11) is 1.72. The lowest BCUT2D eigenvalue weighted by molar-refractivity contribution is -0.138. The van der Waals surface area contributed by atoms with Gasteiger partial charge in [0.2, 0.25) is 10.1 Å². The third-order valence-corrected chi connectivity index (χ3v) is 4.28. The van der Waals surface area contributed by atoms with E-state index in [-0.39, 0.29) is 0 Å². The zero-order chi connectivity index (χ0) is 13.2. The second-order valence-electron chi connectivity index (χ2n) is 3.64. The predicted octanol–water partition coefficient (Wildman–Crippen LogP) is 3.30. The Bertz CT molecular complexity index is 493. The van der Waals surface area contributed by atoms with E-state index in [0.29, 0.717) is 23.0 Å². The van der Waals surface area contributed by atoms with Gasteiger partial charge in [0.05, 0.1) is 0 Å². The van der Waals surface area contributed by atoms with Crippen molar-refractivity contribution in [2.24, 2.45) is 0 Å². The molecule has 0 amide bonds. The first-order valence-corrected chi connectivity index (χ1v) is 6.80. The number of nitrogens with zero attached hydrogens (tertiary/aromatic N) is 3. The summed E-state index contributed by atoms with van der Waals surface area (Å²) in [5.74, 6) is 0. The minimum Gasteiger partial charge on any atom is -0.349 e. The number of anilines is 1. The Kier molecular flexibility index (Phi) is 3.86. The standard InChI is InChI=1S/C10H10F3N3S2/c1-16(5-4-7-3-2-6-17-7)9-15-14-8(18-9)10(11,12)13/h2-3,6H,4-5H2,1H3. The van der Waals surface area contributed by atoms with Gasteiger partial charge in [-0.15, -0.1) is 21.5 Å². The molecule has 0 fully saturated rings. The van der Waals surface area contributed by atoms with E-state index in [1.54, 1.807) is 23.3 Å². The van der Waals surface area contributed by atoms with E-state index in [1.165, 1.54) is 4.88 Å². The Labute approximate surface area is 110 Å². The van der Waals surface area contributed by atoms with Crippen LogP contribution in [0.3, 0.4) is 0 Å². The minimum atomic E-state index is -4.41. The second-order valence-corrected chi connectivity index (χ2v) is 5.63. The fraction of sp³-hybridized carbons (Fsp3) is 0.400. The molecule has 0 spiro atoms. The van der Waals surface area contributed by atoms with Crippen LogP contribution in [0.4, 0.5) is 18.3 Å². The summed E-state index contributed by atoms with van der Waals surface area (Å²) < 4.78 is 37.1. The molecule has 0 aliphatic rings. The van der Waals surface area contributed by atoms with Gasteiger partial charge in [-0.25, -0.2) is 0 Å². The van der Waals surface area contributed by atoms with E-state index in [9.17, 15) is 13.2 Å². The van der Waals surface area contributed by atoms with Crippen molar-refractivity contribution in [2.45, 2.75) is 12.6 Å². The highest BCUT2D eigenvalue weighted by Crippen LogP contribution is 2.33. The minimum absolute atomic E-state index is 0.291. The summed E-state index contributed by atoms with van der Waals surface area (Å²) >= 11 is 2.20. The van der Waals surface area contributed by atoms with Gasteiger partial charge in [0.1, 0.15) is 0 Å². The molecule has 0 aliphatic carbocycles. The molecule has 98 valence electrons. The normalized spacial score (nSPS) is 11.8. The van der Waals surface area contributed by atoms with E-state index < -0.39 is 11.2 Å². The zero-order valence-electron chi connectivity index (χ0n) is 9.44. The number of rotatable bonds is 4. The Morgan fingerprint density at radius 3 is 2.67 bits per heavy atom. The molecule has 0 aliphatic heterocycles. The number of likely N-dealkylation sites (N-methyl/N-ethyl adjacent to an activating group) is 1. The molecule has 0 saturated heterocycles. The molecule has 0 atom stereocenters. The molecule has 18 heavy (non-hydrogen) atoms. The number of hydrogen-bond acceptors (Lipinski definition) is 5. The van der Waals surface area contributed by atoms with Gasteiger partial charge < -0.3 is 4.90 Å². The summed E-state index contributed by atoms with van der Waals surface area (Å²) in [4.78, 5) is 2.88. The van der Waals surface area contributed by atoms with E-state index in [1.807, 2.05) is 17.5 Å². The molecule has 2 rings (SSSR count). The fourth-order valence-electron chi connectivity index (χ4n) is 1.31. The van der Waals surface area contributed by atoms with Crippen molar-refractivity contribution in [3.63, 3.8) is 0 Å². The van der Waals surface area contributed by atoms with Gasteiger partial charge in [0, 0.05) is 18.5 Å². The van der Waals surface area contributed by atoms with Crippen LogP contribution in [0.5, 0.6) is 0 Å². The summed E-state index contributed by atoms with van der Waals surface area (Å²) in [6, 6.07) is 3.95. The molecule has 8 heteroatoms. The highest BCUT2D eigenvalue weighted by atomic mass is 32.1. The molecule has 2 aromatic heterocycles. The van der Waals surface area contributed by atoms with Gasteiger partial charge in [-0.3, -0.25) is 0 Å². The fourth-order valence-corrected chi connectivity index (χ4v) is 2.71. The topological polar surface area (TPSA) is 29.0 Å². The average molecular weight is 293 g/mol. The number of thiophene rings is 1. The molecule has 0 saturated carbocycles. The van der Waals surface area contributed by atoms with Crippen LogP contribution in [-0.2, 0) is 12.6 Å². The summed E-state index contributed by atoms with van der Waals surface area (Å²) in [5.41, 5.74) is 0. The Balaban J connectivity index is 1.96. The molecular formula is C10H10F3N3S2. The number of hydrogen-bond donors (Lipinski definition) is 0. The molecule has 0 unspecified atom stereocenters. The van der Waals surface area contributed by atoms with E-state index in [2.05, 4.69) is 10.2 Å². The Morgan fingerprint density at radius 2 is 2.11 bits per heavy atom. The highest BCUT2D eigenvalue weighted by Gasteiger charge is 2.36. The SMILES string of the molecule is CN(CCc1cccs1)c1nnc(C(F)(F)F)s1. The molecule has 2 aromatic rings. The van der Waals surface area contributed by atoms with Gasteiger partial charge in [0.15, 0.2) is 0 Å². The van der Waals surface area contributed by atoms with Crippen molar-refractivity contribution in [3.8, 4) is 0 Å². The first-order chi connectivity index (χ1) is 8.47. The monoisotopic (exact) mass is 293 g/mol. The van der Waals surface area contributed by atoms with E-state index >= 15 is 0 Å². The molecule has 0 bridgehead atoms. The molecule has 0 radical (unpaired) electrons. The first kappa shape index (κ1) is 13.3. The highest BCUT2D eigenvalue weighted by molar-refractivity contribution is 7.15. The van der Waals surface area contributed by atoms with Gasteiger partial charge in [-0.05, 0) is 17.9 Å². The zero-order valence-corrected chi connectivity index (χ0v) is 11.1. The largest absolute Gasteiger partial charge is 0.445 e. The second kappa shape index (κ2) is 5.23. The van der Waals surface area contributed by atoms with Crippen LogP contribution in [-0.4, -0.2) is 23.8 Å². The summed E-state index contributed by atoms with van der Waals surface area (Å²) in [6.07, 6.45) is -3.63. The summed E-state index contributed by atoms with van der Waals surface area (Å²) in [5, 5.41) is 8.08. The van der Waals surface area contributed by atoms with Crippen molar-refractivity contribution >= 4 is 27.8 Å². The predicted molar refractivity (Wildman–Crippen MR) is 66.2 cm³/mol. The average Bonchev–Trinajstić information content (AvgIpc) is 2.96. The van der Waals surface area contributed by atoms with Crippen LogP contribution in [0.15, 0.2) is 17.5 Å². The van der Waals surface area contributed by atoms with Crippen LogP contribution in [0.2, 0.25) is 0 Å². The molecule has 0 N–H and O–H groups in total. The number of aromatic nitrogens is 2. The summed E-state index contributed by atoms with van der Waals surface area (Å²) in [6.45, 7) is 0.618. The number of halogens is 3. The maximum atomic E-state index is 12.4. The lowest BCUT2D eigenvalue weighted by Gasteiger charge is -2.13. The third kappa shape index (κ3) is 3.20. The van der Waals surface area contributed by atoms with Crippen LogP contribution in [0.1, 0.15) is 9.88 Å². The van der Waals surface area contributed by atoms with Crippen molar-refractivity contribution in [1.29, 1.82) is 0 Å². The van der Waals surface area contributed by atoms with E-state index in [4.69, 9.17) is 0 Å². The molecule has 2 heterocycles. The van der Waals surface area contributed by atoms with Crippen LogP contribution in [0.25, 0.3) is 0 Å². The maximum Gasteiger partial charge on any atom is 0.445 e. The van der Waals surface area contributed by atoms with Crippen molar-refractivity contribution in [2.75, 3.05) is 18.5 Å².